The van der Waals surface area contributed by atoms with Crippen LogP contribution in [-0.2, 0) is 0 Å². The minimum absolute atomic E-state index is 0.0825. The SMILES string of the molecule is COc1ccc(NC(=O)NCC#Cc2ccc(N3CCNC3=O)cc2)cc1. The van der Waals surface area contributed by atoms with E-state index in [0.717, 1.165) is 17.0 Å². The predicted molar refractivity (Wildman–Crippen MR) is 104 cm³/mol. The highest BCUT2D eigenvalue weighted by molar-refractivity contribution is 5.94. The second kappa shape index (κ2) is 8.63. The molecule has 0 spiro atoms. The van der Waals surface area contributed by atoms with Crippen molar-refractivity contribution in [3.8, 4) is 17.6 Å². The van der Waals surface area contributed by atoms with Crippen LogP contribution >= 0.6 is 0 Å². The number of rotatable bonds is 4. The Balaban J connectivity index is 1.46. The molecule has 0 unspecified atom stereocenters. The van der Waals surface area contributed by atoms with Crippen LogP contribution in [0.5, 0.6) is 5.75 Å². The van der Waals surface area contributed by atoms with Crippen LogP contribution in [0.2, 0.25) is 0 Å². The molecule has 2 aromatic carbocycles. The molecule has 0 atom stereocenters. The molecule has 27 heavy (non-hydrogen) atoms. The highest BCUT2D eigenvalue weighted by atomic mass is 16.5. The van der Waals surface area contributed by atoms with E-state index in [0.29, 0.717) is 18.8 Å². The minimum Gasteiger partial charge on any atom is -0.497 e. The third-order valence-electron chi connectivity index (χ3n) is 3.95. The van der Waals surface area contributed by atoms with E-state index in [1.54, 1.807) is 36.3 Å². The number of carbonyl (C=O) groups is 2. The molecular weight excluding hydrogens is 344 g/mol. The number of urea groups is 2. The van der Waals surface area contributed by atoms with Crippen LogP contribution < -0.4 is 25.6 Å². The van der Waals surface area contributed by atoms with Crippen LogP contribution in [0.4, 0.5) is 21.0 Å². The summed E-state index contributed by atoms with van der Waals surface area (Å²) in [6.45, 7) is 1.54. The first-order valence-electron chi connectivity index (χ1n) is 8.49. The van der Waals surface area contributed by atoms with Crippen LogP contribution in [0.1, 0.15) is 5.56 Å². The van der Waals surface area contributed by atoms with Crippen molar-refractivity contribution in [1.29, 1.82) is 0 Å². The molecule has 4 amide bonds. The Labute approximate surface area is 157 Å². The van der Waals surface area contributed by atoms with Gasteiger partial charge in [0.15, 0.2) is 0 Å². The molecule has 3 N–H and O–H groups in total. The molecule has 0 bridgehead atoms. The van der Waals surface area contributed by atoms with Gasteiger partial charge in [0, 0.05) is 30.0 Å². The summed E-state index contributed by atoms with van der Waals surface area (Å²) in [7, 11) is 1.59. The number of amides is 4. The van der Waals surface area contributed by atoms with E-state index < -0.39 is 0 Å². The normalized spacial score (nSPS) is 12.6. The molecule has 0 aliphatic carbocycles. The largest absolute Gasteiger partial charge is 0.497 e. The van der Waals surface area contributed by atoms with Gasteiger partial charge in [0.25, 0.3) is 0 Å². The van der Waals surface area contributed by atoms with Crippen molar-refractivity contribution in [3.63, 3.8) is 0 Å². The Hall–Kier alpha value is -3.66. The number of nitrogens with zero attached hydrogens (tertiary/aromatic N) is 1. The summed E-state index contributed by atoms with van der Waals surface area (Å²) >= 11 is 0. The Morgan fingerprint density at radius 1 is 1.19 bits per heavy atom. The topological polar surface area (TPSA) is 82.7 Å². The van der Waals surface area contributed by atoms with Crippen molar-refractivity contribution < 1.29 is 14.3 Å². The van der Waals surface area contributed by atoms with Crippen LogP contribution in [0.15, 0.2) is 48.5 Å². The fourth-order valence-corrected chi connectivity index (χ4v) is 2.56. The molecule has 1 aliphatic rings. The van der Waals surface area contributed by atoms with E-state index in [1.165, 1.54) is 0 Å². The lowest BCUT2D eigenvalue weighted by molar-refractivity contribution is 0.251. The lowest BCUT2D eigenvalue weighted by Crippen LogP contribution is -2.28. The lowest BCUT2D eigenvalue weighted by atomic mass is 10.2. The third kappa shape index (κ3) is 4.92. The van der Waals surface area contributed by atoms with E-state index in [4.69, 9.17) is 4.74 Å². The number of nitrogens with one attached hydrogen (secondary N) is 3. The average Bonchev–Trinajstić information content (AvgIpc) is 3.12. The van der Waals surface area contributed by atoms with Gasteiger partial charge >= 0.3 is 12.1 Å². The maximum absolute atomic E-state index is 11.8. The van der Waals surface area contributed by atoms with Gasteiger partial charge in [-0.3, -0.25) is 4.90 Å². The van der Waals surface area contributed by atoms with Gasteiger partial charge in [-0.1, -0.05) is 11.8 Å². The Bertz CT molecular complexity index is 867. The van der Waals surface area contributed by atoms with E-state index in [9.17, 15) is 9.59 Å². The Morgan fingerprint density at radius 2 is 1.93 bits per heavy atom. The number of hydrogen-bond donors (Lipinski definition) is 3. The molecule has 1 saturated heterocycles. The first-order valence-corrected chi connectivity index (χ1v) is 8.49. The van der Waals surface area contributed by atoms with Gasteiger partial charge in [0.05, 0.1) is 13.7 Å². The van der Waals surface area contributed by atoms with Crippen LogP contribution in [0.25, 0.3) is 0 Å². The molecule has 1 fully saturated rings. The van der Waals surface area contributed by atoms with Crippen molar-refractivity contribution in [2.24, 2.45) is 0 Å². The van der Waals surface area contributed by atoms with E-state index >= 15 is 0 Å². The van der Waals surface area contributed by atoms with Gasteiger partial charge < -0.3 is 20.7 Å². The van der Waals surface area contributed by atoms with Crippen LogP contribution in [0, 0.1) is 11.8 Å². The van der Waals surface area contributed by atoms with Crippen molar-refractivity contribution >= 4 is 23.4 Å². The van der Waals surface area contributed by atoms with Crippen molar-refractivity contribution in [2.45, 2.75) is 0 Å². The lowest BCUT2D eigenvalue weighted by Gasteiger charge is -2.13. The Morgan fingerprint density at radius 3 is 2.56 bits per heavy atom. The molecule has 7 heteroatoms. The molecule has 0 aromatic heterocycles. The zero-order valence-corrected chi connectivity index (χ0v) is 14.9. The standard InChI is InChI=1S/C20H20N4O3/c1-27-18-10-6-16(7-11-18)23-19(25)21-12-2-3-15-4-8-17(9-5-15)24-14-13-22-20(24)26/h4-11H,12-14H2,1H3,(H,22,26)(H2,21,23,25). The van der Waals surface area contributed by atoms with Gasteiger partial charge in [-0.15, -0.1) is 0 Å². The summed E-state index contributed by atoms with van der Waals surface area (Å²) in [4.78, 5) is 25.2. The Kier molecular flexibility index (Phi) is 5.80. The molecule has 1 heterocycles. The van der Waals surface area contributed by atoms with Gasteiger partial charge in [-0.05, 0) is 48.5 Å². The summed E-state index contributed by atoms with van der Waals surface area (Å²) in [6, 6.07) is 14.1. The van der Waals surface area contributed by atoms with E-state index in [1.807, 2.05) is 24.3 Å². The smallest absolute Gasteiger partial charge is 0.321 e. The second-order valence-electron chi connectivity index (χ2n) is 5.77. The minimum atomic E-state index is -0.329. The summed E-state index contributed by atoms with van der Waals surface area (Å²) in [5.41, 5.74) is 2.33. The summed E-state index contributed by atoms with van der Waals surface area (Å²) in [5, 5.41) is 8.16. The van der Waals surface area contributed by atoms with Crippen LogP contribution in [0.3, 0.4) is 0 Å². The molecule has 0 radical (unpaired) electrons. The van der Waals surface area contributed by atoms with Gasteiger partial charge in [0.2, 0.25) is 0 Å². The molecule has 138 valence electrons. The second-order valence-corrected chi connectivity index (χ2v) is 5.77. The number of carbonyl (C=O) groups excluding carboxylic acids is 2. The molecule has 3 rings (SSSR count). The summed E-state index contributed by atoms with van der Waals surface area (Å²) < 4.78 is 5.07. The maximum Gasteiger partial charge on any atom is 0.321 e. The quantitative estimate of drug-likeness (QED) is 0.729. The van der Waals surface area contributed by atoms with Crippen molar-refractivity contribution in [3.05, 3.63) is 54.1 Å². The summed E-state index contributed by atoms with van der Waals surface area (Å²) in [5.74, 6) is 6.60. The predicted octanol–water partition coefficient (Wildman–Crippen LogP) is 2.40. The van der Waals surface area contributed by atoms with E-state index in [2.05, 4.69) is 27.8 Å². The van der Waals surface area contributed by atoms with Crippen molar-refractivity contribution in [2.75, 3.05) is 37.0 Å². The highest BCUT2D eigenvalue weighted by Crippen LogP contribution is 2.17. The van der Waals surface area contributed by atoms with E-state index in [-0.39, 0.29) is 18.6 Å². The zero-order chi connectivity index (χ0) is 19.1. The number of ether oxygens (including phenoxy) is 1. The zero-order valence-electron chi connectivity index (χ0n) is 14.9. The highest BCUT2D eigenvalue weighted by Gasteiger charge is 2.20. The van der Waals surface area contributed by atoms with Gasteiger partial charge in [-0.25, -0.2) is 9.59 Å². The number of benzene rings is 2. The summed E-state index contributed by atoms with van der Waals surface area (Å²) in [6.07, 6.45) is 0. The first kappa shape index (κ1) is 18.1. The molecular formula is C20H20N4O3. The average molecular weight is 364 g/mol. The molecule has 1 aliphatic heterocycles. The first-order chi connectivity index (χ1) is 13.2. The van der Waals surface area contributed by atoms with Crippen LogP contribution in [-0.4, -0.2) is 38.8 Å². The fourth-order valence-electron chi connectivity index (χ4n) is 2.56. The van der Waals surface area contributed by atoms with Gasteiger partial charge in [-0.2, -0.15) is 0 Å². The number of hydrogen-bond acceptors (Lipinski definition) is 3. The number of methoxy groups -OCH3 is 1. The monoisotopic (exact) mass is 364 g/mol. The maximum atomic E-state index is 11.8. The molecule has 2 aromatic rings. The molecule has 0 saturated carbocycles. The fraction of sp³-hybridized carbons (Fsp3) is 0.200. The number of anilines is 2. The van der Waals surface area contributed by atoms with Gasteiger partial charge in [0.1, 0.15) is 5.75 Å². The van der Waals surface area contributed by atoms with Crippen molar-refractivity contribution in [1.82, 2.24) is 10.6 Å². The molecule has 7 nitrogen and oxygen atoms in total. The third-order valence-corrected chi connectivity index (χ3v) is 3.95.